The van der Waals surface area contributed by atoms with E-state index < -0.39 is 5.60 Å². The Labute approximate surface area is 159 Å². The Bertz CT molecular complexity index is 792. The van der Waals surface area contributed by atoms with E-state index in [4.69, 9.17) is 11.0 Å². The smallest absolute Gasteiger partial charge is 0.133 e. The summed E-state index contributed by atoms with van der Waals surface area (Å²) in [5.41, 5.74) is 7.94. The van der Waals surface area contributed by atoms with Gasteiger partial charge in [0.05, 0.1) is 22.2 Å². The van der Waals surface area contributed by atoms with E-state index in [1.165, 1.54) is 0 Å². The van der Waals surface area contributed by atoms with Gasteiger partial charge in [0.2, 0.25) is 0 Å². The van der Waals surface area contributed by atoms with Crippen LogP contribution in [0.15, 0.2) is 29.2 Å². The van der Waals surface area contributed by atoms with E-state index in [0.29, 0.717) is 5.56 Å². The van der Waals surface area contributed by atoms with Crippen LogP contribution in [-0.4, -0.2) is 40.2 Å². The number of hydrogen-bond donors (Lipinski definition) is 3. The van der Waals surface area contributed by atoms with Crippen molar-refractivity contribution in [3.05, 3.63) is 40.3 Å². The van der Waals surface area contributed by atoms with E-state index in [9.17, 15) is 5.11 Å². The van der Waals surface area contributed by atoms with Gasteiger partial charge in [-0.2, -0.15) is 5.26 Å². The van der Waals surface area contributed by atoms with Gasteiger partial charge in [0.15, 0.2) is 0 Å². The van der Waals surface area contributed by atoms with Crippen LogP contribution < -0.4 is 11.1 Å². The van der Waals surface area contributed by atoms with Crippen molar-refractivity contribution in [2.75, 3.05) is 13.1 Å². The van der Waals surface area contributed by atoms with Crippen LogP contribution in [0.2, 0.25) is 0 Å². The predicted octanol–water partition coefficient (Wildman–Crippen LogP) is 2.04. The fraction of sp³-hybridized carbons (Fsp3) is 0.450. The Balaban J connectivity index is 2.02. The molecule has 0 bridgehead atoms. The molecular formula is C20H24N4OS. The molecule has 2 unspecified atom stereocenters. The molecule has 2 aliphatic rings. The van der Waals surface area contributed by atoms with Gasteiger partial charge < -0.3 is 15.7 Å². The van der Waals surface area contributed by atoms with Crippen LogP contribution in [-0.2, 0) is 0 Å². The van der Waals surface area contributed by atoms with Gasteiger partial charge in [-0.05, 0) is 50.9 Å². The van der Waals surface area contributed by atoms with Crippen molar-refractivity contribution >= 4 is 17.5 Å². The van der Waals surface area contributed by atoms with Crippen LogP contribution in [0.5, 0.6) is 0 Å². The highest BCUT2D eigenvalue weighted by atomic mass is 32.2. The number of benzene rings is 1. The van der Waals surface area contributed by atoms with Crippen LogP contribution in [0, 0.1) is 23.2 Å². The molecule has 0 aliphatic carbocycles. The molecule has 2 heterocycles. The monoisotopic (exact) mass is 368 g/mol. The number of fused-ring (bicyclic) bond motifs is 1. The molecule has 0 radical (unpaired) electrons. The molecule has 26 heavy (non-hydrogen) atoms. The van der Waals surface area contributed by atoms with Crippen LogP contribution in [0.25, 0.3) is 5.70 Å². The van der Waals surface area contributed by atoms with Crippen molar-refractivity contribution in [2.24, 2.45) is 5.73 Å². The molecule has 1 aromatic carbocycles. The number of thioether (sulfide) groups is 1. The number of nitriles is 1. The topological polar surface area (TPSA) is 85.3 Å². The first-order chi connectivity index (χ1) is 12.4. The maximum Gasteiger partial charge on any atom is 0.133 e. The summed E-state index contributed by atoms with van der Waals surface area (Å²) in [6, 6.07) is 9.91. The van der Waals surface area contributed by atoms with E-state index in [1.54, 1.807) is 25.6 Å². The summed E-state index contributed by atoms with van der Waals surface area (Å²) < 4.78 is 0. The first kappa shape index (κ1) is 18.8. The van der Waals surface area contributed by atoms with E-state index in [-0.39, 0.29) is 11.5 Å². The Morgan fingerprint density at radius 2 is 2.04 bits per heavy atom. The Morgan fingerprint density at radius 1 is 1.31 bits per heavy atom. The molecule has 3 rings (SSSR count). The summed E-state index contributed by atoms with van der Waals surface area (Å²) in [6.45, 7) is 5.07. The highest BCUT2D eigenvalue weighted by Gasteiger charge is 2.34. The molecule has 5 nitrogen and oxygen atoms in total. The summed E-state index contributed by atoms with van der Waals surface area (Å²) in [5, 5.41) is 22.6. The molecule has 136 valence electrons. The maximum absolute atomic E-state index is 10.00. The fourth-order valence-corrected chi connectivity index (χ4v) is 4.22. The van der Waals surface area contributed by atoms with Crippen molar-refractivity contribution in [1.29, 1.82) is 5.26 Å². The molecule has 1 aromatic rings. The third-order valence-corrected chi connectivity index (χ3v) is 5.53. The number of nitrogens with one attached hydrogen (secondary N) is 1. The van der Waals surface area contributed by atoms with Crippen molar-refractivity contribution < 1.29 is 5.11 Å². The van der Waals surface area contributed by atoms with Gasteiger partial charge >= 0.3 is 0 Å². The lowest BCUT2D eigenvalue weighted by molar-refractivity contribution is 0.143. The number of rotatable bonds is 1. The van der Waals surface area contributed by atoms with E-state index in [0.717, 1.165) is 42.1 Å². The highest BCUT2D eigenvalue weighted by Crippen LogP contribution is 2.42. The van der Waals surface area contributed by atoms with Crippen molar-refractivity contribution in [3.8, 4) is 17.9 Å². The Morgan fingerprint density at radius 3 is 2.69 bits per heavy atom. The summed E-state index contributed by atoms with van der Waals surface area (Å²) >= 11 is 1.68. The van der Waals surface area contributed by atoms with Crippen LogP contribution in [0.4, 0.5) is 0 Å². The van der Waals surface area contributed by atoms with Gasteiger partial charge in [-0.3, -0.25) is 5.32 Å². The molecule has 4 N–H and O–H groups in total. The molecule has 0 saturated carbocycles. The summed E-state index contributed by atoms with van der Waals surface area (Å²) in [4.78, 5) is 3.24. The zero-order valence-corrected chi connectivity index (χ0v) is 15.9. The number of nitrogens with two attached hydrogens (primary N) is 1. The van der Waals surface area contributed by atoms with Crippen LogP contribution in [0.1, 0.15) is 37.8 Å². The van der Waals surface area contributed by atoms with Crippen molar-refractivity contribution in [1.82, 2.24) is 10.2 Å². The molecule has 2 aliphatic heterocycles. The first-order valence-electron chi connectivity index (χ1n) is 8.80. The van der Waals surface area contributed by atoms with Crippen LogP contribution >= 0.6 is 11.8 Å². The molecule has 0 spiro atoms. The average Bonchev–Trinajstić information content (AvgIpc) is 2.93. The molecule has 2 atom stereocenters. The van der Waals surface area contributed by atoms with Gasteiger partial charge in [-0.15, -0.1) is 0 Å². The largest absolute Gasteiger partial charge is 0.378 e. The first-order valence-corrected chi connectivity index (χ1v) is 9.68. The van der Waals surface area contributed by atoms with Crippen molar-refractivity contribution in [3.63, 3.8) is 0 Å². The lowest BCUT2D eigenvalue weighted by atomic mass is 10.1. The van der Waals surface area contributed by atoms with Gasteiger partial charge in [0.25, 0.3) is 0 Å². The van der Waals surface area contributed by atoms with E-state index >= 15 is 0 Å². The van der Waals surface area contributed by atoms with Gasteiger partial charge in [0.1, 0.15) is 11.1 Å². The van der Waals surface area contributed by atoms with E-state index in [2.05, 4.69) is 28.1 Å². The predicted molar refractivity (Wildman–Crippen MR) is 105 cm³/mol. The second kappa shape index (κ2) is 7.73. The highest BCUT2D eigenvalue weighted by molar-refractivity contribution is 8.04. The average molecular weight is 369 g/mol. The zero-order valence-electron chi connectivity index (χ0n) is 15.1. The summed E-state index contributed by atoms with van der Waals surface area (Å²) in [5.74, 6) is 6.10. The van der Waals surface area contributed by atoms with Crippen molar-refractivity contribution in [2.45, 2.75) is 43.8 Å². The quantitative estimate of drug-likeness (QED) is 0.658. The minimum Gasteiger partial charge on any atom is -0.378 e. The third-order valence-electron chi connectivity index (χ3n) is 4.36. The molecule has 6 heteroatoms. The normalized spacial score (nSPS) is 23.4. The second-order valence-corrected chi connectivity index (χ2v) is 8.22. The summed E-state index contributed by atoms with van der Waals surface area (Å²) in [7, 11) is 0. The second-order valence-electron chi connectivity index (χ2n) is 7.13. The molecule has 1 saturated heterocycles. The molecule has 0 aromatic heterocycles. The Hall–Kier alpha value is -1.96. The number of nitrogens with zero attached hydrogens (tertiary/aromatic N) is 2. The number of allylic oxidation sites excluding steroid dienone is 1. The summed E-state index contributed by atoms with van der Waals surface area (Å²) in [6.07, 6.45) is 1.88. The minimum absolute atomic E-state index is 0.110. The van der Waals surface area contributed by atoms with E-state index in [1.807, 2.05) is 24.3 Å². The molecule has 1 fully saturated rings. The lowest BCUT2D eigenvalue weighted by Crippen LogP contribution is -2.45. The van der Waals surface area contributed by atoms with Gasteiger partial charge in [-0.1, -0.05) is 35.7 Å². The van der Waals surface area contributed by atoms with Gasteiger partial charge in [0, 0.05) is 12.6 Å². The maximum atomic E-state index is 10.00. The third kappa shape index (κ3) is 4.41. The number of hydrogen-bond acceptors (Lipinski definition) is 6. The zero-order chi connectivity index (χ0) is 18.7. The van der Waals surface area contributed by atoms with Crippen LogP contribution in [0.3, 0.4) is 0 Å². The SMILES string of the molecule is CC(C)(O)C#CC1=C(c2ccc(C#N)cc2)N2CCC(N)CCNC2S1. The minimum atomic E-state index is -1.05. The molecule has 0 amide bonds. The lowest BCUT2D eigenvalue weighted by Gasteiger charge is -2.33. The standard InChI is InChI=1S/C20H24N4OS/c1-20(2,25)10-7-17-18(15-5-3-14(13-21)4-6-15)24-12-9-16(22)8-11-23-19(24)26-17/h3-6,16,19,23,25H,8-9,11-12,22H2,1-2H3. The number of aliphatic hydroxyl groups is 1. The fourth-order valence-electron chi connectivity index (χ4n) is 3.00. The van der Waals surface area contributed by atoms with Gasteiger partial charge in [-0.25, -0.2) is 0 Å². The molecular weight excluding hydrogens is 344 g/mol. The Kier molecular flexibility index (Phi) is 5.60.